The first kappa shape index (κ1) is 18.3. The van der Waals surface area contributed by atoms with Crippen LogP contribution in [0.15, 0.2) is 17.3 Å². The molecule has 0 amide bonds. The van der Waals surface area contributed by atoms with Gasteiger partial charge in [-0.15, -0.1) is 0 Å². The summed E-state index contributed by atoms with van der Waals surface area (Å²) in [6.45, 7) is 8.74. The number of hydrogen-bond acceptors (Lipinski definition) is 2. The highest BCUT2D eigenvalue weighted by Crippen LogP contribution is 2.21. The highest BCUT2D eigenvalue weighted by Gasteiger charge is 2.30. The molecule has 0 aliphatic carbocycles. The summed E-state index contributed by atoms with van der Waals surface area (Å²) in [7, 11) is 0. The van der Waals surface area contributed by atoms with Crippen molar-refractivity contribution in [1.82, 2.24) is 9.78 Å². The summed E-state index contributed by atoms with van der Waals surface area (Å²) in [6.07, 6.45) is 5.36. The minimum absolute atomic E-state index is 0.0473. The molecular weight excluding hydrogens is 286 g/mol. The lowest BCUT2D eigenvalue weighted by molar-refractivity contribution is -0.115. The minimum Gasteiger partial charge on any atom is -0.294 e. The molecule has 0 atom stereocenters. The van der Waals surface area contributed by atoms with E-state index in [-0.39, 0.29) is 17.6 Å². The van der Waals surface area contributed by atoms with E-state index < -0.39 is 6.05 Å². The Kier molecular flexibility index (Phi) is 6.21. The van der Waals surface area contributed by atoms with Gasteiger partial charge in [0, 0.05) is 23.6 Å². The molecule has 1 rings (SSSR count). The van der Waals surface area contributed by atoms with Crippen LogP contribution in [0.1, 0.15) is 53.9 Å². The van der Waals surface area contributed by atoms with Crippen LogP contribution in [0.2, 0.25) is 0 Å². The van der Waals surface area contributed by atoms with Crippen molar-refractivity contribution in [2.75, 3.05) is 0 Å². The van der Waals surface area contributed by atoms with Crippen LogP contribution in [-0.4, -0.2) is 15.6 Å². The lowest BCUT2D eigenvalue weighted by Gasteiger charge is -2.15. The first-order valence-corrected chi connectivity index (χ1v) is 7.65. The Morgan fingerprint density at radius 3 is 2.41 bits per heavy atom. The largest absolute Gasteiger partial charge is 0.343 e. The smallest absolute Gasteiger partial charge is 0.294 e. The number of carbonyl (C=O) groups is 1. The summed E-state index contributed by atoms with van der Waals surface area (Å²) < 4.78 is 28.9. The van der Waals surface area contributed by atoms with Gasteiger partial charge in [0.05, 0.1) is 11.5 Å². The quantitative estimate of drug-likeness (QED) is 0.757. The van der Waals surface area contributed by atoms with E-state index in [2.05, 4.69) is 5.10 Å². The lowest BCUT2D eigenvalue weighted by Crippen LogP contribution is -2.38. The monoisotopic (exact) mass is 310 g/mol. The van der Waals surface area contributed by atoms with Gasteiger partial charge >= 0.3 is 6.05 Å². The van der Waals surface area contributed by atoms with Crippen molar-refractivity contribution in [1.29, 1.82) is 0 Å². The van der Waals surface area contributed by atoms with Gasteiger partial charge in [-0.1, -0.05) is 32.4 Å². The Morgan fingerprint density at radius 1 is 1.32 bits per heavy atom. The highest BCUT2D eigenvalue weighted by atomic mass is 19.3. The number of rotatable bonds is 6. The van der Waals surface area contributed by atoms with E-state index in [1.165, 1.54) is 13.1 Å². The average molecular weight is 310 g/mol. The molecule has 0 saturated carbocycles. The molecule has 1 aromatic heterocycles. The van der Waals surface area contributed by atoms with Gasteiger partial charge in [-0.25, -0.2) is 4.68 Å². The van der Waals surface area contributed by atoms with E-state index in [0.717, 1.165) is 5.57 Å². The zero-order chi connectivity index (χ0) is 16.9. The molecule has 0 aromatic carbocycles. The van der Waals surface area contributed by atoms with Crippen molar-refractivity contribution in [3.05, 3.63) is 27.9 Å². The first-order chi connectivity index (χ1) is 10.3. The molecule has 0 bridgehead atoms. The van der Waals surface area contributed by atoms with Gasteiger partial charge < -0.3 is 0 Å². The van der Waals surface area contributed by atoms with Crippen molar-refractivity contribution in [3.63, 3.8) is 0 Å². The maximum atomic E-state index is 14.1. The molecule has 0 aliphatic heterocycles. The second kappa shape index (κ2) is 7.47. The molecule has 0 radical (unpaired) electrons. The van der Waals surface area contributed by atoms with E-state index in [4.69, 9.17) is 0 Å². The van der Waals surface area contributed by atoms with Crippen molar-refractivity contribution in [3.8, 4) is 0 Å². The predicted molar refractivity (Wildman–Crippen MR) is 84.9 cm³/mol. The summed E-state index contributed by atoms with van der Waals surface area (Å²) in [6, 6.07) is -3.08. The molecule has 1 aromatic rings. The van der Waals surface area contributed by atoms with Crippen LogP contribution in [0.4, 0.5) is 8.78 Å². The number of ketones is 1. The zero-order valence-electron chi connectivity index (χ0n) is 13.9. The van der Waals surface area contributed by atoms with E-state index in [1.54, 1.807) is 26.0 Å². The number of Topliss-reactive ketones (excluding diaryl/α,β-unsaturated/α-hetero) is 1. The Bertz CT molecular complexity index is 684. The standard InChI is InChI=1S/C17H24F2N2O/c1-6-12(5)14(16(22)8-3)10-15-13(7-2)11-20-21(15)17(18,19)9-4/h7,10-11H,6,8-9H2,1-5H3/b13-7-,14-12+,15-10+. The molecule has 3 nitrogen and oxygen atoms in total. The van der Waals surface area contributed by atoms with Crippen LogP contribution >= 0.6 is 0 Å². The molecule has 0 N–H and O–H groups in total. The molecule has 0 spiro atoms. The summed E-state index contributed by atoms with van der Waals surface area (Å²) in [4.78, 5) is 12.2. The van der Waals surface area contributed by atoms with Gasteiger partial charge in [0.15, 0.2) is 5.78 Å². The van der Waals surface area contributed by atoms with E-state index >= 15 is 0 Å². The molecular formula is C17H24F2N2O. The normalized spacial score (nSPS) is 15.2. The molecule has 122 valence electrons. The number of aromatic nitrogens is 2. The number of halogens is 2. The summed E-state index contributed by atoms with van der Waals surface area (Å²) in [5.74, 6) is -0.0473. The average Bonchev–Trinajstić information content (AvgIpc) is 2.94. The fraction of sp³-hybridized carbons (Fsp3) is 0.529. The van der Waals surface area contributed by atoms with Gasteiger partial charge in [0.1, 0.15) is 0 Å². The van der Waals surface area contributed by atoms with Gasteiger partial charge in [-0.05, 0) is 26.3 Å². The van der Waals surface area contributed by atoms with Crippen LogP contribution in [0.5, 0.6) is 0 Å². The van der Waals surface area contributed by atoms with Crippen LogP contribution in [0.3, 0.4) is 0 Å². The highest BCUT2D eigenvalue weighted by molar-refractivity contribution is 6.03. The summed E-state index contributed by atoms with van der Waals surface area (Å²) in [5, 5.41) is 4.70. The third kappa shape index (κ3) is 3.70. The van der Waals surface area contributed by atoms with Crippen molar-refractivity contribution in [2.45, 2.75) is 59.9 Å². The molecule has 1 heterocycles. The van der Waals surface area contributed by atoms with Crippen LogP contribution < -0.4 is 10.6 Å². The van der Waals surface area contributed by atoms with Crippen molar-refractivity contribution < 1.29 is 13.6 Å². The predicted octanol–water partition coefficient (Wildman–Crippen LogP) is 3.13. The molecule has 5 heteroatoms. The van der Waals surface area contributed by atoms with E-state index in [9.17, 15) is 13.6 Å². The zero-order valence-corrected chi connectivity index (χ0v) is 13.9. The minimum atomic E-state index is -3.08. The Morgan fingerprint density at radius 2 is 1.95 bits per heavy atom. The fourth-order valence-corrected chi connectivity index (χ4v) is 2.11. The topological polar surface area (TPSA) is 34.9 Å². The Balaban J connectivity index is 3.73. The molecule has 0 unspecified atom stereocenters. The van der Waals surface area contributed by atoms with Crippen molar-refractivity contribution >= 4 is 17.9 Å². The molecule has 0 fully saturated rings. The third-order valence-corrected chi connectivity index (χ3v) is 3.78. The summed E-state index contributed by atoms with van der Waals surface area (Å²) in [5.41, 5.74) is 1.39. The third-order valence-electron chi connectivity index (χ3n) is 3.78. The lowest BCUT2D eigenvalue weighted by atomic mass is 10.0. The van der Waals surface area contributed by atoms with Gasteiger partial charge in [0.25, 0.3) is 0 Å². The Hall–Kier alpha value is -1.78. The van der Waals surface area contributed by atoms with Crippen molar-refractivity contribution in [2.24, 2.45) is 0 Å². The van der Waals surface area contributed by atoms with Gasteiger partial charge in [-0.2, -0.15) is 13.9 Å². The van der Waals surface area contributed by atoms with Gasteiger partial charge in [0.2, 0.25) is 0 Å². The molecule has 0 saturated heterocycles. The first-order valence-electron chi connectivity index (χ1n) is 7.65. The van der Waals surface area contributed by atoms with Crippen LogP contribution in [0.25, 0.3) is 12.2 Å². The van der Waals surface area contributed by atoms with Crippen LogP contribution in [0, 0.1) is 0 Å². The van der Waals surface area contributed by atoms with E-state index in [1.807, 2.05) is 13.8 Å². The second-order valence-corrected chi connectivity index (χ2v) is 5.17. The number of carbonyl (C=O) groups excluding carboxylic acids is 1. The maximum absolute atomic E-state index is 14.1. The van der Waals surface area contributed by atoms with Gasteiger partial charge in [-0.3, -0.25) is 4.79 Å². The van der Waals surface area contributed by atoms with Crippen LogP contribution in [-0.2, 0) is 10.8 Å². The van der Waals surface area contributed by atoms with E-state index in [0.29, 0.717) is 28.3 Å². The molecule has 22 heavy (non-hydrogen) atoms. The second-order valence-electron chi connectivity index (χ2n) is 5.17. The number of alkyl halides is 2. The number of hydrogen-bond donors (Lipinski definition) is 0. The number of allylic oxidation sites excluding steroid dienone is 2. The fourth-order valence-electron chi connectivity index (χ4n) is 2.11. The number of nitrogens with zero attached hydrogens (tertiary/aromatic N) is 2. The maximum Gasteiger partial charge on any atom is 0.343 e. The Labute approximate surface area is 130 Å². The summed E-state index contributed by atoms with van der Waals surface area (Å²) >= 11 is 0. The SMILES string of the molecule is C/C=c1/cnn(C(F)(F)CC)/c1=C/C(C(=O)CC)=C(/C)CC. The molecule has 0 aliphatic rings.